The molecule has 1 aliphatic heterocycles. The number of aliphatic imine (C=N–C) groups is 1. The molecule has 1 heterocycles. The lowest BCUT2D eigenvalue weighted by atomic mass is 10.1. The summed E-state index contributed by atoms with van der Waals surface area (Å²) >= 11 is 0. The van der Waals surface area contributed by atoms with Gasteiger partial charge in [0.1, 0.15) is 0 Å². The van der Waals surface area contributed by atoms with Gasteiger partial charge in [0.15, 0.2) is 17.5 Å². The van der Waals surface area contributed by atoms with Gasteiger partial charge in [0.25, 0.3) is 0 Å². The molecule has 0 amide bonds. The Bertz CT molecular complexity index is 636. The quantitative estimate of drug-likeness (QED) is 0.216. The Morgan fingerprint density at radius 3 is 2.43 bits per heavy atom. The Kier molecular flexibility index (Phi) is 13.1. The van der Waals surface area contributed by atoms with E-state index in [1.807, 2.05) is 19.2 Å². The monoisotopic (exact) mass is 533 g/mol. The van der Waals surface area contributed by atoms with Crippen LogP contribution in [0.5, 0.6) is 11.5 Å². The van der Waals surface area contributed by atoms with Gasteiger partial charge in [-0.3, -0.25) is 4.99 Å². The molecule has 0 radical (unpaired) electrons. The fourth-order valence-electron chi connectivity index (χ4n) is 3.56. The normalized spacial score (nSPS) is 15.4. The third-order valence-electron chi connectivity index (χ3n) is 5.54. The van der Waals surface area contributed by atoms with Crippen LogP contribution in [0, 0.1) is 0 Å². The van der Waals surface area contributed by atoms with Crippen LogP contribution in [0.25, 0.3) is 0 Å². The number of rotatable bonds is 10. The Labute approximate surface area is 199 Å². The number of piperazine rings is 1. The first-order valence-electron chi connectivity index (χ1n) is 10.6. The number of likely N-dealkylation sites (N-methyl/N-ethyl adjacent to an activating group) is 2. The van der Waals surface area contributed by atoms with E-state index >= 15 is 0 Å². The Hall–Kier alpha value is -1.26. The van der Waals surface area contributed by atoms with E-state index in [2.05, 4.69) is 45.2 Å². The number of guanidine groups is 1. The highest BCUT2D eigenvalue weighted by atomic mass is 127. The Balaban J connectivity index is 0.00000450. The number of hydrogen-bond donors (Lipinski definition) is 1. The summed E-state index contributed by atoms with van der Waals surface area (Å²) in [6.45, 7) is 7.82. The fourth-order valence-corrected chi connectivity index (χ4v) is 3.56. The molecule has 1 aromatic rings. The van der Waals surface area contributed by atoms with Crippen molar-refractivity contribution in [1.82, 2.24) is 20.0 Å². The molecule has 1 fully saturated rings. The molecule has 0 spiro atoms. The van der Waals surface area contributed by atoms with Crippen LogP contribution in [-0.2, 0) is 6.42 Å². The first-order valence-corrected chi connectivity index (χ1v) is 10.6. The third kappa shape index (κ3) is 8.85. The largest absolute Gasteiger partial charge is 0.493 e. The average molecular weight is 533 g/mol. The molecule has 7 nitrogen and oxygen atoms in total. The highest BCUT2D eigenvalue weighted by Crippen LogP contribution is 2.27. The first-order chi connectivity index (χ1) is 14.1. The zero-order chi connectivity index (χ0) is 21.1. The topological polar surface area (TPSA) is 52.6 Å². The van der Waals surface area contributed by atoms with Crippen molar-refractivity contribution in [3.05, 3.63) is 23.8 Å². The van der Waals surface area contributed by atoms with E-state index in [9.17, 15) is 0 Å². The molecule has 0 bridgehead atoms. The van der Waals surface area contributed by atoms with E-state index in [1.54, 1.807) is 14.2 Å². The second kappa shape index (κ2) is 14.7. The first kappa shape index (κ1) is 26.8. The van der Waals surface area contributed by atoms with Crippen LogP contribution in [0.3, 0.4) is 0 Å². The third-order valence-corrected chi connectivity index (χ3v) is 5.54. The molecule has 1 aliphatic rings. The summed E-state index contributed by atoms with van der Waals surface area (Å²) in [6, 6.07) is 6.09. The maximum atomic E-state index is 5.40. The van der Waals surface area contributed by atoms with Crippen LogP contribution in [0.4, 0.5) is 0 Å². The lowest BCUT2D eigenvalue weighted by Gasteiger charge is -2.32. The Morgan fingerprint density at radius 1 is 1.10 bits per heavy atom. The second-order valence-electron chi connectivity index (χ2n) is 7.69. The van der Waals surface area contributed by atoms with Gasteiger partial charge in [-0.15, -0.1) is 24.0 Å². The van der Waals surface area contributed by atoms with Crippen molar-refractivity contribution in [1.29, 1.82) is 0 Å². The van der Waals surface area contributed by atoms with Gasteiger partial charge >= 0.3 is 0 Å². The summed E-state index contributed by atoms with van der Waals surface area (Å²) in [5.41, 5.74) is 1.22. The summed E-state index contributed by atoms with van der Waals surface area (Å²) in [5.74, 6) is 2.49. The van der Waals surface area contributed by atoms with E-state index in [1.165, 1.54) is 44.7 Å². The predicted octanol–water partition coefficient (Wildman–Crippen LogP) is 2.40. The molecule has 1 N–H and O–H groups in total. The molecule has 8 heteroatoms. The maximum Gasteiger partial charge on any atom is 0.193 e. The number of benzene rings is 1. The molecule has 0 atom stereocenters. The van der Waals surface area contributed by atoms with Crippen molar-refractivity contribution in [2.75, 3.05) is 81.2 Å². The minimum atomic E-state index is 0. The van der Waals surface area contributed by atoms with E-state index in [0.29, 0.717) is 0 Å². The zero-order valence-corrected chi connectivity index (χ0v) is 21.6. The molecule has 0 aromatic heterocycles. The van der Waals surface area contributed by atoms with Crippen LogP contribution in [0.2, 0.25) is 0 Å². The van der Waals surface area contributed by atoms with Crippen molar-refractivity contribution in [2.24, 2.45) is 4.99 Å². The molecular weight excluding hydrogens is 493 g/mol. The highest BCUT2D eigenvalue weighted by Gasteiger charge is 2.13. The summed E-state index contributed by atoms with van der Waals surface area (Å²) in [4.78, 5) is 11.6. The lowest BCUT2D eigenvalue weighted by molar-refractivity contribution is 0.152. The molecule has 172 valence electrons. The molecule has 0 saturated carbocycles. The fraction of sp³-hybridized carbons (Fsp3) is 0.682. The van der Waals surface area contributed by atoms with Gasteiger partial charge in [-0.05, 0) is 50.6 Å². The number of nitrogens with zero attached hydrogens (tertiary/aromatic N) is 4. The van der Waals surface area contributed by atoms with Crippen LogP contribution in [0.1, 0.15) is 18.4 Å². The minimum Gasteiger partial charge on any atom is -0.493 e. The van der Waals surface area contributed by atoms with Crippen LogP contribution in [-0.4, -0.2) is 102 Å². The molecule has 0 aliphatic carbocycles. The van der Waals surface area contributed by atoms with Gasteiger partial charge in [0, 0.05) is 53.4 Å². The SMILES string of the molecule is CN=C(NCCCCN1CCN(C)CC1)N(C)CCc1ccc(OC)c(OC)c1.I. The highest BCUT2D eigenvalue weighted by molar-refractivity contribution is 14.0. The van der Waals surface area contributed by atoms with E-state index in [0.717, 1.165) is 43.4 Å². The average Bonchev–Trinajstić information content (AvgIpc) is 2.75. The Morgan fingerprint density at radius 2 is 1.80 bits per heavy atom. The van der Waals surface area contributed by atoms with Gasteiger partial charge < -0.3 is 29.5 Å². The number of nitrogens with one attached hydrogen (secondary N) is 1. The molecule has 1 aromatic carbocycles. The molecular formula is C22H40IN5O2. The predicted molar refractivity (Wildman–Crippen MR) is 136 cm³/mol. The van der Waals surface area contributed by atoms with Gasteiger partial charge in [0.2, 0.25) is 0 Å². The van der Waals surface area contributed by atoms with Crippen molar-refractivity contribution >= 4 is 29.9 Å². The summed E-state index contributed by atoms with van der Waals surface area (Å²) in [7, 11) is 9.46. The van der Waals surface area contributed by atoms with Gasteiger partial charge in [-0.1, -0.05) is 6.07 Å². The summed E-state index contributed by atoms with van der Waals surface area (Å²) in [6.07, 6.45) is 3.30. The standard InChI is InChI=1S/C22H39N5O2.HI/c1-23-22(24-11-6-7-12-27-16-14-25(2)15-17-27)26(3)13-10-19-8-9-20(28-4)21(18-19)29-5;/h8-9,18H,6-7,10-17H2,1-5H3,(H,23,24);1H. The number of hydrogen-bond acceptors (Lipinski definition) is 5. The molecule has 2 rings (SSSR count). The van der Waals surface area contributed by atoms with E-state index in [-0.39, 0.29) is 24.0 Å². The minimum absolute atomic E-state index is 0. The van der Waals surface area contributed by atoms with Crippen molar-refractivity contribution in [3.8, 4) is 11.5 Å². The molecule has 0 unspecified atom stereocenters. The van der Waals surface area contributed by atoms with Crippen molar-refractivity contribution in [2.45, 2.75) is 19.3 Å². The molecule has 1 saturated heterocycles. The van der Waals surface area contributed by atoms with Crippen LogP contribution < -0.4 is 14.8 Å². The second-order valence-corrected chi connectivity index (χ2v) is 7.69. The number of ether oxygens (including phenoxy) is 2. The zero-order valence-electron chi connectivity index (χ0n) is 19.3. The van der Waals surface area contributed by atoms with Gasteiger partial charge in [0.05, 0.1) is 14.2 Å². The van der Waals surface area contributed by atoms with Gasteiger partial charge in [-0.25, -0.2) is 0 Å². The summed E-state index contributed by atoms with van der Waals surface area (Å²) < 4.78 is 10.7. The number of halogens is 1. The smallest absolute Gasteiger partial charge is 0.193 e. The lowest BCUT2D eigenvalue weighted by Crippen LogP contribution is -2.44. The summed E-state index contributed by atoms with van der Waals surface area (Å²) in [5, 5.41) is 3.50. The van der Waals surface area contributed by atoms with Crippen molar-refractivity contribution in [3.63, 3.8) is 0 Å². The van der Waals surface area contributed by atoms with E-state index in [4.69, 9.17) is 9.47 Å². The van der Waals surface area contributed by atoms with Crippen LogP contribution in [0.15, 0.2) is 23.2 Å². The van der Waals surface area contributed by atoms with Crippen LogP contribution >= 0.6 is 24.0 Å². The number of methoxy groups -OCH3 is 2. The molecule has 30 heavy (non-hydrogen) atoms. The maximum absolute atomic E-state index is 5.40. The van der Waals surface area contributed by atoms with E-state index < -0.39 is 0 Å². The van der Waals surface area contributed by atoms with Crippen molar-refractivity contribution < 1.29 is 9.47 Å². The number of unbranched alkanes of at least 4 members (excludes halogenated alkanes) is 1. The van der Waals surface area contributed by atoms with Gasteiger partial charge in [-0.2, -0.15) is 0 Å².